The van der Waals surface area contributed by atoms with Crippen LogP contribution in [0.15, 0.2) is 52.2 Å². The van der Waals surface area contributed by atoms with Crippen LogP contribution in [-0.2, 0) is 28.4 Å². The van der Waals surface area contributed by atoms with Gasteiger partial charge in [0.2, 0.25) is 15.9 Å². The van der Waals surface area contributed by atoms with Crippen LogP contribution in [-0.4, -0.2) is 40.9 Å². The molecule has 0 fully saturated rings. The van der Waals surface area contributed by atoms with Crippen molar-refractivity contribution in [3.8, 4) is 0 Å². The van der Waals surface area contributed by atoms with Crippen LogP contribution in [0.2, 0.25) is 0 Å². The highest BCUT2D eigenvalue weighted by molar-refractivity contribution is 7.89. The van der Waals surface area contributed by atoms with Crippen molar-refractivity contribution >= 4 is 32.7 Å². The van der Waals surface area contributed by atoms with E-state index in [9.17, 15) is 18.0 Å². The summed E-state index contributed by atoms with van der Waals surface area (Å²) in [5.74, 6) is -0.291. The van der Waals surface area contributed by atoms with Crippen molar-refractivity contribution in [1.82, 2.24) is 13.4 Å². The van der Waals surface area contributed by atoms with Gasteiger partial charge in [-0.15, -0.1) is 0 Å². The van der Waals surface area contributed by atoms with E-state index in [1.54, 1.807) is 49.1 Å². The van der Waals surface area contributed by atoms with E-state index in [2.05, 4.69) is 5.32 Å². The van der Waals surface area contributed by atoms with Gasteiger partial charge in [0.15, 0.2) is 0 Å². The maximum absolute atomic E-state index is 12.8. The number of carbonyl (C=O) groups is 1. The molecule has 2 aromatic carbocycles. The van der Waals surface area contributed by atoms with Gasteiger partial charge in [-0.25, -0.2) is 13.2 Å². The summed E-state index contributed by atoms with van der Waals surface area (Å²) >= 11 is 0. The first kappa shape index (κ1) is 22.8. The SMILES string of the molecule is CCN(CC)S(=O)(=O)c1ccc(C)c(NC(=O)CCn2c(=O)n(C)c3ccccc32)c1. The summed E-state index contributed by atoms with van der Waals surface area (Å²) in [6.45, 7) is 6.34. The quantitative estimate of drug-likeness (QED) is 0.578. The number of imidazole rings is 1. The van der Waals surface area contributed by atoms with E-state index < -0.39 is 10.0 Å². The Balaban J connectivity index is 1.79. The van der Waals surface area contributed by atoms with Crippen LogP contribution < -0.4 is 11.0 Å². The normalized spacial score (nSPS) is 11.9. The Morgan fingerprint density at radius 2 is 1.71 bits per heavy atom. The zero-order valence-corrected chi connectivity index (χ0v) is 19.1. The molecular formula is C22H28N4O4S. The third-order valence-electron chi connectivity index (χ3n) is 5.44. The van der Waals surface area contributed by atoms with Gasteiger partial charge in [0, 0.05) is 38.8 Å². The number of para-hydroxylation sites is 2. The highest BCUT2D eigenvalue weighted by Gasteiger charge is 2.22. The molecule has 1 aromatic heterocycles. The molecule has 1 amide bonds. The van der Waals surface area contributed by atoms with Crippen LogP contribution in [0.4, 0.5) is 5.69 Å². The smallest absolute Gasteiger partial charge is 0.326 e. The first-order valence-electron chi connectivity index (χ1n) is 10.3. The van der Waals surface area contributed by atoms with Gasteiger partial charge >= 0.3 is 5.69 Å². The maximum Gasteiger partial charge on any atom is 0.328 e. The van der Waals surface area contributed by atoms with E-state index in [0.717, 1.165) is 16.6 Å². The number of benzene rings is 2. The first-order valence-corrected chi connectivity index (χ1v) is 11.7. The lowest BCUT2D eigenvalue weighted by Crippen LogP contribution is -2.30. The van der Waals surface area contributed by atoms with Crippen molar-refractivity contribution in [2.75, 3.05) is 18.4 Å². The fourth-order valence-electron chi connectivity index (χ4n) is 3.61. The van der Waals surface area contributed by atoms with Crippen molar-refractivity contribution in [2.24, 2.45) is 7.05 Å². The number of anilines is 1. The number of aryl methyl sites for hydroxylation is 3. The average molecular weight is 445 g/mol. The van der Waals surface area contributed by atoms with Crippen molar-refractivity contribution in [3.63, 3.8) is 0 Å². The molecule has 0 bridgehead atoms. The van der Waals surface area contributed by atoms with E-state index in [1.165, 1.54) is 10.4 Å². The molecule has 0 unspecified atom stereocenters. The summed E-state index contributed by atoms with van der Waals surface area (Å²) in [4.78, 5) is 25.3. The molecule has 0 saturated heterocycles. The lowest BCUT2D eigenvalue weighted by molar-refractivity contribution is -0.116. The first-order chi connectivity index (χ1) is 14.7. The third kappa shape index (κ3) is 4.42. The van der Waals surface area contributed by atoms with E-state index in [1.807, 2.05) is 24.3 Å². The Kier molecular flexibility index (Phi) is 6.66. The molecule has 1 N–H and O–H groups in total. The van der Waals surface area contributed by atoms with Crippen molar-refractivity contribution in [2.45, 2.75) is 38.6 Å². The molecule has 3 rings (SSSR count). The second-order valence-corrected chi connectivity index (χ2v) is 9.28. The largest absolute Gasteiger partial charge is 0.328 e. The minimum absolute atomic E-state index is 0.0837. The molecular weight excluding hydrogens is 416 g/mol. The molecule has 3 aromatic rings. The van der Waals surface area contributed by atoms with Crippen LogP contribution in [0.3, 0.4) is 0 Å². The zero-order chi connectivity index (χ0) is 22.8. The van der Waals surface area contributed by atoms with Gasteiger partial charge in [0.25, 0.3) is 0 Å². The van der Waals surface area contributed by atoms with E-state index in [4.69, 9.17) is 0 Å². The number of rotatable bonds is 8. The van der Waals surface area contributed by atoms with Crippen LogP contribution >= 0.6 is 0 Å². The monoisotopic (exact) mass is 444 g/mol. The fourth-order valence-corrected chi connectivity index (χ4v) is 5.10. The average Bonchev–Trinajstić information content (AvgIpc) is 2.99. The number of nitrogens with zero attached hydrogens (tertiary/aromatic N) is 3. The van der Waals surface area contributed by atoms with Gasteiger partial charge in [0.1, 0.15) is 0 Å². The van der Waals surface area contributed by atoms with Crippen LogP contribution in [0.25, 0.3) is 11.0 Å². The second kappa shape index (κ2) is 9.07. The Morgan fingerprint density at radius 1 is 1.06 bits per heavy atom. The fraction of sp³-hybridized carbons (Fsp3) is 0.364. The highest BCUT2D eigenvalue weighted by Crippen LogP contribution is 2.23. The Bertz CT molecular complexity index is 1270. The molecule has 0 radical (unpaired) electrons. The zero-order valence-electron chi connectivity index (χ0n) is 18.3. The molecule has 9 heteroatoms. The number of amides is 1. The molecule has 166 valence electrons. The molecule has 0 saturated carbocycles. The molecule has 8 nitrogen and oxygen atoms in total. The topological polar surface area (TPSA) is 93.4 Å². The van der Waals surface area contributed by atoms with Gasteiger partial charge < -0.3 is 5.32 Å². The standard InChI is InChI=1S/C22H28N4O4S/c1-5-25(6-2)31(29,30)17-12-11-16(3)18(15-17)23-21(27)13-14-26-20-10-8-7-9-19(20)24(4)22(26)28/h7-12,15H,5-6,13-14H2,1-4H3,(H,23,27). The van der Waals surface area contributed by atoms with Crippen molar-refractivity contribution < 1.29 is 13.2 Å². The summed E-state index contributed by atoms with van der Waals surface area (Å²) in [5, 5.41) is 2.80. The summed E-state index contributed by atoms with van der Waals surface area (Å²) in [7, 11) is -1.92. The van der Waals surface area contributed by atoms with Gasteiger partial charge in [0.05, 0.1) is 15.9 Å². The molecule has 0 aliphatic heterocycles. The highest BCUT2D eigenvalue weighted by atomic mass is 32.2. The molecule has 31 heavy (non-hydrogen) atoms. The van der Waals surface area contributed by atoms with E-state index in [0.29, 0.717) is 18.8 Å². The predicted octanol–water partition coefficient (Wildman–Crippen LogP) is 2.71. The number of hydrogen-bond donors (Lipinski definition) is 1. The lowest BCUT2D eigenvalue weighted by Gasteiger charge is -2.19. The number of fused-ring (bicyclic) bond motifs is 1. The number of nitrogens with one attached hydrogen (secondary N) is 1. The summed E-state index contributed by atoms with van der Waals surface area (Å²) in [5.41, 5.74) is 2.60. The van der Waals surface area contributed by atoms with E-state index >= 15 is 0 Å². The Hall–Kier alpha value is -2.91. The van der Waals surface area contributed by atoms with Crippen LogP contribution in [0, 0.1) is 6.92 Å². The van der Waals surface area contributed by atoms with Crippen molar-refractivity contribution in [1.29, 1.82) is 0 Å². The number of sulfonamides is 1. The minimum atomic E-state index is -3.62. The summed E-state index contributed by atoms with van der Waals surface area (Å²) in [6, 6.07) is 12.1. The van der Waals surface area contributed by atoms with E-state index in [-0.39, 0.29) is 29.5 Å². The Labute approximate surface area is 182 Å². The van der Waals surface area contributed by atoms with Crippen LogP contribution in [0.5, 0.6) is 0 Å². The summed E-state index contributed by atoms with van der Waals surface area (Å²) in [6.07, 6.45) is 0.0837. The molecule has 0 aliphatic carbocycles. The lowest BCUT2D eigenvalue weighted by atomic mass is 10.2. The number of hydrogen-bond acceptors (Lipinski definition) is 4. The van der Waals surface area contributed by atoms with Gasteiger partial charge in [-0.1, -0.05) is 32.0 Å². The van der Waals surface area contributed by atoms with Gasteiger partial charge in [-0.05, 0) is 36.8 Å². The second-order valence-electron chi connectivity index (χ2n) is 7.35. The minimum Gasteiger partial charge on any atom is -0.326 e. The van der Waals surface area contributed by atoms with Crippen LogP contribution in [0.1, 0.15) is 25.8 Å². The Morgan fingerprint density at radius 3 is 2.35 bits per heavy atom. The summed E-state index contributed by atoms with van der Waals surface area (Å²) < 4.78 is 30.1. The molecule has 0 atom stereocenters. The predicted molar refractivity (Wildman–Crippen MR) is 122 cm³/mol. The van der Waals surface area contributed by atoms with Crippen molar-refractivity contribution in [3.05, 3.63) is 58.5 Å². The number of carbonyl (C=O) groups excluding carboxylic acids is 1. The maximum atomic E-state index is 12.8. The number of aromatic nitrogens is 2. The molecule has 0 spiro atoms. The van der Waals surface area contributed by atoms with Gasteiger partial charge in [-0.3, -0.25) is 13.9 Å². The molecule has 1 heterocycles. The molecule has 0 aliphatic rings. The third-order valence-corrected chi connectivity index (χ3v) is 7.49. The van der Waals surface area contributed by atoms with Gasteiger partial charge in [-0.2, -0.15) is 4.31 Å².